The van der Waals surface area contributed by atoms with Crippen LogP contribution in [-0.4, -0.2) is 6.04 Å². The van der Waals surface area contributed by atoms with Crippen molar-refractivity contribution in [2.24, 2.45) is 0 Å². The van der Waals surface area contributed by atoms with E-state index in [1.807, 2.05) is 0 Å². The van der Waals surface area contributed by atoms with E-state index in [2.05, 4.69) is 12.2 Å². The summed E-state index contributed by atoms with van der Waals surface area (Å²) >= 11 is 0. The van der Waals surface area contributed by atoms with Gasteiger partial charge in [-0.2, -0.15) is 0 Å². The normalized spacial score (nSPS) is 24.2. The molecule has 16 heavy (non-hydrogen) atoms. The molecule has 0 saturated carbocycles. The number of rotatable bonds is 3. The molecule has 2 atom stereocenters. The van der Waals surface area contributed by atoms with Crippen molar-refractivity contribution in [2.75, 3.05) is 0 Å². The lowest BCUT2D eigenvalue weighted by Crippen LogP contribution is -2.37. The zero-order valence-electron chi connectivity index (χ0n) is 9.47. The second-order valence-corrected chi connectivity index (χ2v) is 4.37. The van der Waals surface area contributed by atoms with Crippen molar-refractivity contribution in [3.05, 3.63) is 35.1 Å². The molecule has 1 aliphatic heterocycles. The highest BCUT2D eigenvalue weighted by Gasteiger charge is 2.28. The van der Waals surface area contributed by atoms with E-state index in [0.29, 0.717) is 12.1 Å². The van der Waals surface area contributed by atoms with Crippen molar-refractivity contribution in [1.29, 1.82) is 0 Å². The number of nitrogens with one attached hydrogen (secondary N) is 1. The third-order valence-electron chi connectivity index (χ3n) is 3.18. The summed E-state index contributed by atoms with van der Waals surface area (Å²) in [5, 5.41) is 3.18. The summed E-state index contributed by atoms with van der Waals surface area (Å²) in [7, 11) is 0. The lowest BCUT2D eigenvalue weighted by atomic mass is 9.91. The summed E-state index contributed by atoms with van der Waals surface area (Å²) < 4.78 is 27.2. The van der Waals surface area contributed by atoms with Crippen LogP contribution in [0.15, 0.2) is 18.2 Å². The average Bonchev–Trinajstić information content (AvgIpc) is 2.29. The topological polar surface area (TPSA) is 12.0 Å². The molecule has 1 heterocycles. The van der Waals surface area contributed by atoms with Gasteiger partial charge in [0.25, 0.3) is 0 Å². The SMILES string of the molecule is CCCC[C@H]1NCc2ccc(F)cc2[C@H]1F. The van der Waals surface area contributed by atoms with E-state index >= 15 is 0 Å². The minimum Gasteiger partial charge on any atom is -0.307 e. The molecule has 0 amide bonds. The Balaban J connectivity index is 2.17. The first-order valence-corrected chi connectivity index (χ1v) is 5.88. The Morgan fingerprint density at radius 3 is 3.00 bits per heavy atom. The molecular weight excluding hydrogens is 208 g/mol. The molecule has 1 N–H and O–H groups in total. The third kappa shape index (κ3) is 2.24. The molecule has 0 fully saturated rings. The second kappa shape index (κ2) is 4.91. The van der Waals surface area contributed by atoms with Crippen LogP contribution >= 0.6 is 0 Å². The molecule has 2 rings (SSSR count). The summed E-state index contributed by atoms with van der Waals surface area (Å²) in [5.41, 5.74) is 1.40. The predicted octanol–water partition coefficient (Wildman–Crippen LogP) is 3.50. The van der Waals surface area contributed by atoms with Gasteiger partial charge in [-0.1, -0.05) is 25.8 Å². The van der Waals surface area contributed by atoms with E-state index in [1.54, 1.807) is 6.07 Å². The molecular formula is C13H17F2N. The third-order valence-corrected chi connectivity index (χ3v) is 3.18. The average molecular weight is 225 g/mol. The van der Waals surface area contributed by atoms with E-state index in [1.165, 1.54) is 12.1 Å². The van der Waals surface area contributed by atoms with Gasteiger partial charge in [0.2, 0.25) is 0 Å². The molecule has 3 heteroatoms. The highest BCUT2D eigenvalue weighted by molar-refractivity contribution is 5.33. The van der Waals surface area contributed by atoms with Gasteiger partial charge >= 0.3 is 0 Å². The minimum atomic E-state index is -1.08. The van der Waals surface area contributed by atoms with Gasteiger partial charge in [0, 0.05) is 12.6 Å². The molecule has 0 bridgehead atoms. The number of hydrogen-bond donors (Lipinski definition) is 1. The summed E-state index contributed by atoms with van der Waals surface area (Å²) in [6, 6.07) is 4.23. The number of benzene rings is 1. The predicted molar refractivity (Wildman–Crippen MR) is 60.4 cm³/mol. The maximum Gasteiger partial charge on any atom is 0.141 e. The van der Waals surface area contributed by atoms with Gasteiger partial charge in [0.1, 0.15) is 12.0 Å². The monoisotopic (exact) mass is 225 g/mol. The van der Waals surface area contributed by atoms with E-state index in [-0.39, 0.29) is 11.9 Å². The van der Waals surface area contributed by atoms with E-state index in [4.69, 9.17) is 0 Å². The largest absolute Gasteiger partial charge is 0.307 e. The Bertz CT molecular complexity index is 365. The van der Waals surface area contributed by atoms with E-state index in [0.717, 1.165) is 24.8 Å². The van der Waals surface area contributed by atoms with Gasteiger partial charge in [-0.05, 0) is 29.7 Å². The fourth-order valence-electron chi connectivity index (χ4n) is 2.22. The standard InChI is InChI=1S/C13H17F2N/c1-2-3-4-12-13(15)11-7-10(14)6-5-9(11)8-16-12/h5-7,12-13,16H,2-4,8H2,1H3/t12-,13-/m1/s1. The summed E-state index contributed by atoms with van der Waals surface area (Å²) in [5.74, 6) is -0.349. The molecule has 0 radical (unpaired) electrons. The molecule has 1 aromatic carbocycles. The van der Waals surface area contributed by atoms with Crippen molar-refractivity contribution in [2.45, 2.75) is 44.9 Å². The number of fused-ring (bicyclic) bond motifs is 1. The Kier molecular flexibility index (Phi) is 3.54. The second-order valence-electron chi connectivity index (χ2n) is 4.37. The van der Waals surface area contributed by atoms with Gasteiger partial charge in [0.15, 0.2) is 0 Å². The molecule has 88 valence electrons. The van der Waals surface area contributed by atoms with Crippen LogP contribution in [0.25, 0.3) is 0 Å². The fourth-order valence-corrected chi connectivity index (χ4v) is 2.22. The number of hydrogen-bond acceptors (Lipinski definition) is 1. The van der Waals surface area contributed by atoms with Crippen molar-refractivity contribution in [3.8, 4) is 0 Å². The van der Waals surface area contributed by atoms with Gasteiger partial charge in [-0.15, -0.1) is 0 Å². The molecule has 0 unspecified atom stereocenters. The Morgan fingerprint density at radius 1 is 1.44 bits per heavy atom. The van der Waals surface area contributed by atoms with Gasteiger partial charge in [-0.25, -0.2) is 8.78 Å². The smallest absolute Gasteiger partial charge is 0.141 e. The van der Waals surface area contributed by atoms with Gasteiger partial charge in [0.05, 0.1) is 0 Å². The number of alkyl halides is 1. The maximum atomic E-state index is 14.1. The summed E-state index contributed by atoms with van der Waals surface area (Å²) in [6.45, 7) is 2.73. The molecule has 0 aliphatic carbocycles. The zero-order valence-corrected chi connectivity index (χ0v) is 9.47. The quantitative estimate of drug-likeness (QED) is 0.830. The van der Waals surface area contributed by atoms with Gasteiger partial charge in [-0.3, -0.25) is 0 Å². The first-order valence-electron chi connectivity index (χ1n) is 5.88. The maximum absolute atomic E-state index is 14.1. The van der Waals surface area contributed by atoms with Crippen LogP contribution in [0.2, 0.25) is 0 Å². The molecule has 1 nitrogen and oxygen atoms in total. The Labute approximate surface area is 94.9 Å². The van der Waals surface area contributed by atoms with Crippen LogP contribution in [0, 0.1) is 5.82 Å². The molecule has 0 saturated heterocycles. The highest BCUT2D eigenvalue weighted by Crippen LogP contribution is 2.31. The Hall–Kier alpha value is -0.960. The van der Waals surface area contributed by atoms with Crippen LogP contribution < -0.4 is 5.32 Å². The minimum absolute atomic E-state index is 0.158. The molecule has 1 aromatic rings. The van der Waals surface area contributed by atoms with Gasteiger partial charge < -0.3 is 5.32 Å². The summed E-state index contributed by atoms with van der Waals surface area (Å²) in [6.07, 6.45) is 1.79. The van der Waals surface area contributed by atoms with Crippen molar-refractivity contribution in [1.82, 2.24) is 5.32 Å². The van der Waals surface area contributed by atoms with E-state index in [9.17, 15) is 8.78 Å². The summed E-state index contributed by atoms with van der Waals surface area (Å²) in [4.78, 5) is 0. The van der Waals surface area contributed by atoms with Crippen LogP contribution in [0.3, 0.4) is 0 Å². The molecule has 0 aromatic heterocycles. The number of unbranched alkanes of at least 4 members (excludes halogenated alkanes) is 1. The van der Waals surface area contributed by atoms with Crippen molar-refractivity contribution in [3.63, 3.8) is 0 Å². The first kappa shape index (κ1) is 11.5. The molecule has 0 spiro atoms. The Morgan fingerprint density at radius 2 is 2.25 bits per heavy atom. The van der Waals surface area contributed by atoms with Crippen LogP contribution in [-0.2, 0) is 6.54 Å². The molecule has 1 aliphatic rings. The number of halogens is 2. The lowest BCUT2D eigenvalue weighted by molar-refractivity contribution is 0.222. The van der Waals surface area contributed by atoms with Crippen LogP contribution in [0.4, 0.5) is 8.78 Å². The zero-order chi connectivity index (χ0) is 11.5. The van der Waals surface area contributed by atoms with E-state index < -0.39 is 6.17 Å². The van der Waals surface area contributed by atoms with Crippen molar-refractivity contribution < 1.29 is 8.78 Å². The van der Waals surface area contributed by atoms with Crippen LogP contribution in [0.1, 0.15) is 43.5 Å². The van der Waals surface area contributed by atoms with Crippen molar-refractivity contribution >= 4 is 0 Å². The van der Waals surface area contributed by atoms with Crippen LogP contribution in [0.5, 0.6) is 0 Å². The fraction of sp³-hybridized carbons (Fsp3) is 0.538. The lowest BCUT2D eigenvalue weighted by Gasteiger charge is -2.29. The highest BCUT2D eigenvalue weighted by atomic mass is 19.1. The first-order chi connectivity index (χ1) is 7.72.